The lowest BCUT2D eigenvalue weighted by molar-refractivity contribution is 0.382. The Labute approximate surface area is 272 Å². The van der Waals surface area contributed by atoms with Crippen LogP contribution >= 0.6 is 0 Å². The Bertz CT molecular complexity index is 1760. The number of anilines is 1. The van der Waals surface area contributed by atoms with Crippen LogP contribution in [0.25, 0.3) is 22.3 Å². The first kappa shape index (κ1) is 30.3. The molecule has 4 aromatic carbocycles. The number of nitrogens with two attached hydrogens (primary N) is 1. The van der Waals surface area contributed by atoms with E-state index in [1.165, 1.54) is 88.6 Å². The van der Waals surface area contributed by atoms with Crippen molar-refractivity contribution in [2.45, 2.75) is 110 Å². The third-order valence-corrected chi connectivity index (χ3v) is 12.4. The highest BCUT2D eigenvalue weighted by atomic mass is 14.6. The number of nitrogen functional groups attached to an aromatic ring is 1. The summed E-state index contributed by atoms with van der Waals surface area (Å²) in [6, 6.07) is 30.9. The molecule has 1 saturated carbocycles. The summed E-state index contributed by atoms with van der Waals surface area (Å²) >= 11 is 0. The van der Waals surface area contributed by atoms with E-state index in [0.29, 0.717) is 5.41 Å². The molecule has 1 nitrogen and oxygen atoms in total. The van der Waals surface area contributed by atoms with Crippen LogP contribution in [0.1, 0.15) is 127 Å². The predicted molar refractivity (Wildman–Crippen MR) is 193 cm³/mol. The summed E-state index contributed by atoms with van der Waals surface area (Å²) in [6.07, 6.45) is 8.76. The quantitative estimate of drug-likeness (QED) is 0.157. The van der Waals surface area contributed by atoms with Gasteiger partial charge in [-0.3, -0.25) is 0 Å². The van der Waals surface area contributed by atoms with Gasteiger partial charge in [0.2, 0.25) is 0 Å². The number of hydrogen-bond acceptors (Lipinski definition) is 1. The number of fused-ring (bicyclic) bond motifs is 10. The van der Waals surface area contributed by atoms with Crippen molar-refractivity contribution in [3.05, 3.63) is 112 Å². The summed E-state index contributed by atoms with van der Waals surface area (Å²) in [5, 5.41) is 0. The molecule has 0 aromatic heterocycles. The minimum atomic E-state index is -0.359. The predicted octanol–water partition coefficient (Wildman–Crippen LogP) is 11.8. The molecule has 0 aliphatic heterocycles. The van der Waals surface area contributed by atoms with E-state index in [-0.39, 0.29) is 10.8 Å². The Morgan fingerprint density at radius 2 is 1.49 bits per heavy atom. The lowest BCUT2D eigenvalue weighted by Crippen LogP contribution is -2.28. The minimum absolute atomic E-state index is 0.145. The summed E-state index contributed by atoms with van der Waals surface area (Å²) in [4.78, 5) is 0. The zero-order valence-electron chi connectivity index (χ0n) is 28.8. The Morgan fingerprint density at radius 1 is 0.778 bits per heavy atom. The molecular weight excluding hydrogens is 542 g/mol. The summed E-state index contributed by atoms with van der Waals surface area (Å²) in [6.45, 7) is 16.8. The summed E-state index contributed by atoms with van der Waals surface area (Å²) < 4.78 is 0. The normalized spacial score (nSPS) is 23.6. The molecule has 0 radical (unpaired) electrons. The molecule has 7 rings (SSSR count). The van der Waals surface area contributed by atoms with Gasteiger partial charge >= 0.3 is 0 Å². The molecule has 3 aliphatic carbocycles. The van der Waals surface area contributed by atoms with Crippen molar-refractivity contribution in [2.24, 2.45) is 17.8 Å². The second-order valence-electron chi connectivity index (χ2n) is 15.8. The third kappa shape index (κ3) is 4.39. The van der Waals surface area contributed by atoms with Gasteiger partial charge in [-0.1, -0.05) is 134 Å². The Hall–Kier alpha value is -3.32. The highest BCUT2D eigenvalue weighted by Gasteiger charge is 2.56. The average Bonchev–Trinajstić information content (AvgIpc) is 3.54. The molecule has 4 atom stereocenters. The topological polar surface area (TPSA) is 26.0 Å². The van der Waals surface area contributed by atoms with Crippen LogP contribution in [-0.4, -0.2) is 0 Å². The maximum atomic E-state index is 6.87. The monoisotopic (exact) mass is 595 g/mol. The van der Waals surface area contributed by atoms with Crippen molar-refractivity contribution in [3.63, 3.8) is 0 Å². The molecule has 3 aliphatic rings. The van der Waals surface area contributed by atoms with Gasteiger partial charge in [-0.25, -0.2) is 0 Å². The van der Waals surface area contributed by atoms with Gasteiger partial charge in [-0.15, -0.1) is 0 Å². The smallest absolute Gasteiger partial charge is 0.0726 e. The van der Waals surface area contributed by atoms with Crippen LogP contribution in [0.2, 0.25) is 0 Å². The average molecular weight is 596 g/mol. The van der Waals surface area contributed by atoms with Crippen molar-refractivity contribution in [2.75, 3.05) is 5.73 Å². The van der Waals surface area contributed by atoms with Gasteiger partial charge in [0, 0.05) is 11.3 Å². The van der Waals surface area contributed by atoms with E-state index in [0.717, 1.165) is 29.9 Å². The number of hydrogen-bond donors (Lipinski definition) is 1. The van der Waals surface area contributed by atoms with Gasteiger partial charge in [0.05, 0.1) is 5.41 Å². The molecule has 1 spiro atoms. The summed E-state index contributed by atoms with van der Waals surface area (Å²) in [7, 11) is 0. The molecule has 4 unspecified atom stereocenters. The molecule has 0 amide bonds. The van der Waals surface area contributed by atoms with E-state index in [4.69, 9.17) is 5.73 Å². The fourth-order valence-electron chi connectivity index (χ4n) is 9.62. The van der Waals surface area contributed by atoms with Gasteiger partial charge in [0.1, 0.15) is 0 Å². The number of rotatable bonds is 10. The lowest BCUT2D eigenvalue weighted by Gasteiger charge is -2.34. The molecule has 0 bridgehead atoms. The first-order valence-electron chi connectivity index (χ1n) is 17.9. The minimum Gasteiger partial charge on any atom is -0.398 e. The highest BCUT2D eigenvalue weighted by molar-refractivity contribution is 5.98. The van der Waals surface area contributed by atoms with Crippen LogP contribution in [0, 0.1) is 17.8 Å². The molecular formula is C44H53N. The third-order valence-electron chi connectivity index (χ3n) is 12.4. The zero-order valence-corrected chi connectivity index (χ0v) is 28.8. The molecule has 0 heterocycles. The fourth-order valence-corrected chi connectivity index (χ4v) is 9.62. The number of benzene rings is 4. The van der Waals surface area contributed by atoms with Gasteiger partial charge in [-0.05, 0) is 117 Å². The second-order valence-corrected chi connectivity index (χ2v) is 15.8. The maximum absolute atomic E-state index is 6.87. The van der Waals surface area contributed by atoms with E-state index in [9.17, 15) is 0 Å². The van der Waals surface area contributed by atoms with Crippen LogP contribution in [0.5, 0.6) is 0 Å². The summed E-state index contributed by atoms with van der Waals surface area (Å²) in [5.41, 5.74) is 21.9. The Kier molecular flexibility index (Phi) is 7.34. The molecule has 45 heavy (non-hydrogen) atoms. The first-order valence-corrected chi connectivity index (χ1v) is 17.9. The van der Waals surface area contributed by atoms with E-state index >= 15 is 0 Å². The molecule has 0 saturated heterocycles. The van der Waals surface area contributed by atoms with E-state index < -0.39 is 0 Å². The van der Waals surface area contributed by atoms with E-state index in [1.54, 1.807) is 5.56 Å². The highest BCUT2D eigenvalue weighted by Crippen LogP contribution is 2.66. The van der Waals surface area contributed by atoms with E-state index in [2.05, 4.69) is 127 Å². The second kappa shape index (κ2) is 10.9. The van der Waals surface area contributed by atoms with Crippen molar-refractivity contribution >= 4 is 5.69 Å². The Morgan fingerprint density at radius 3 is 2.20 bits per heavy atom. The largest absolute Gasteiger partial charge is 0.398 e. The maximum Gasteiger partial charge on any atom is 0.0726 e. The molecule has 1 fully saturated rings. The zero-order chi connectivity index (χ0) is 31.7. The van der Waals surface area contributed by atoms with Gasteiger partial charge in [0.25, 0.3) is 0 Å². The van der Waals surface area contributed by atoms with Crippen molar-refractivity contribution in [1.82, 2.24) is 0 Å². The SMILES string of the molecule is CCC(C)(CCCC(C)C)c1ccc2c(c1)C1(c3cc(C4(CC)CC4CC(C)C)ccc3-2)c2ccccc2-c2c(N)cccc21. The Balaban J connectivity index is 1.48. The van der Waals surface area contributed by atoms with Crippen molar-refractivity contribution in [3.8, 4) is 22.3 Å². The first-order chi connectivity index (χ1) is 21.6. The van der Waals surface area contributed by atoms with Crippen molar-refractivity contribution < 1.29 is 0 Å². The molecule has 4 aromatic rings. The van der Waals surface area contributed by atoms with Crippen LogP contribution in [-0.2, 0) is 16.2 Å². The van der Waals surface area contributed by atoms with Crippen LogP contribution in [0.4, 0.5) is 5.69 Å². The van der Waals surface area contributed by atoms with Gasteiger partial charge < -0.3 is 5.73 Å². The van der Waals surface area contributed by atoms with Gasteiger partial charge in [-0.2, -0.15) is 0 Å². The molecule has 1 heteroatoms. The van der Waals surface area contributed by atoms with Gasteiger partial charge in [0.15, 0.2) is 0 Å². The molecule has 2 N–H and O–H groups in total. The molecule has 234 valence electrons. The lowest BCUT2D eigenvalue weighted by atomic mass is 9.68. The fraction of sp³-hybridized carbons (Fsp3) is 0.455. The van der Waals surface area contributed by atoms with Crippen LogP contribution in [0.15, 0.2) is 78.9 Å². The standard InChI is InChI=1S/C44H53N/c1-8-42(7,23-13-14-28(3)4)30-19-21-33-34-22-20-31(43(9-2)27-32(43)24-29(5)6)26-39(34)44(38(33)25-30)36-16-11-10-15-35(36)41-37(44)17-12-18-40(41)45/h10-12,15-22,25-26,28-29,32H,8-9,13-14,23-24,27,45H2,1-7H3. The van der Waals surface area contributed by atoms with Crippen LogP contribution < -0.4 is 5.73 Å². The van der Waals surface area contributed by atoms with E-state index in [1.807, 2.05) is 0 Å². The van der Waals surface area contributed by atoms with Crippen molar-refractivity contribution in [1.29, 1.82) is 0 Å². The van der Waals surface area contributed by atoms with Crippen LogP contribution in [0.3, 0.4) is 0 Å². The summed E-state index contributed by atoms with van der Waals surface area (Å²) in [5.74, 6) is 2.26.